The van der Waals surface area contributed by atoms with Crippen LogP contribution in [0.2, 0.25) is 0 Å². The monoisotopic (exact) mass is 349 g/mol. The Kier molecular flexibility index (Phi) is 4.64. The van der Waals surface area contributed by atoms with E-state index < -0.39 is 5.41 Å². The van der Waals surface area contributed by atoms with Gasteiger partial charge in [0, 0.05) is 31.7 Å². The molecule has 6 heteroatoms. The maximum atomic E-state index is 12.6. The van der Waals surface area contributed by atoms with Crippen molar-refractivity contribution >= 4 is 11.7 Å². The summed E-state index contributed by atoms with van der Waals surface area (Å²) < 4.78 is 0. The Labute approximate surface area is 153 Å². The number of likely N-dealkylation sites (tertiary alicyclic amines) is 1. The van der Waals surface area contributed by atoms with E-state index in [1.54, 1.807) is 23.4 Å². The summed E-state index contributed by atoms with van der Waals surface area (Å²) in [6.07, 6.45) is 5.87. The number of nitrogens with zero attached hydrogens (tertiary/aromatic N) is 4. The fourth-order valence-electron chi connectivity index (χ4n) is 3.13. The molecule has 1 aliphatic heterocycles. The SMILES string of the molecule is CC1(C#N)CCN(C(=O)c2ccc(NC(C)(C)c3cccnc3)nc2)C1. The zero-order valence-electron chi connectivity index (χ0n) is 15.4. The van der Waals surface area contributed by atoms with Gasteiger partial charge in [0.25, 0.3) is 5.91 Å². The molecule has 1 aliphatic rings. The van der Waals surface area contributed by atoms with Crippen LogP contribution in [0.3, 0.4) is 0 Å². The van der Waals surface area contributed by atoms with Crippen molar-refractivity contribution in [3.63, 3.8) is 0 Å². The fraction of sp³-hybridized carbons (Fsp3) is 0.400. The molecule has 1 N–H and O–H groups in total. The number of amides is 1. The standard InChI is InChI=1S/C20H23N5O/c1-19(2,16-5-4-9-22-12-16)24-17-7-6-15(11-23-17)18(26)25-10-8-20(3,13-21)14-25/h4-7,9,11-12H,8,10,14H2,1-3H3,(H,23,24). The summed E-state index contributed by atoms with van der Waals surface area (Å²) in [7, 11) is 0. The molecule has 0 aromatic carbocycles. The number of rotatable bonds is 4. The minimum atomic E-state index is -0.446. The second-order valence-corrected chi connectivity index (χ2v) is 7.57. The first kappa shape index (κ1) is 17.9. The molecule has 1 saturated heterocycles. The van der Waals surface area contributed by atoms with Crippen LogP contribution in [-0.4, -0.2) is 33.9 Å². The lowest BCUT2D eigenvalue weighted by molar-refractivity contribution is 0.0782. The number of nitriles is 1. The molecule has 134 valence electrons. The maximum absolute atomic E-state index is 12.6. The number of hydrogen-bond donors (Lipinski definition) is 1. The maximum Gasteiger partial charge on any atom is 0.255 e. The third kappa shape index (κ3) is 3.67. The molecule has 1 fully saturated rings. The molecule has 2 aromatic heterocycles. The molecule has 3 rings (SSSR count). The van der Waals surface area contributed by atoms with Crippen LogP contribution < -0.4 is 5.32 Å². The molecule has 0 radical (unpaired) electrons. The molecule has 1 amide bonds. The average molecular weight is 349 g/mol. The first-order chi connectivity index (χ1) is 12.3. The van der Waals surface area contributed by atoms with Crippen LogP contribution in [0.5, 0.6) is 0 Å². The van der Waals surface area contributed by atoms with E-state index in [2.05, 4.69) is 35.2 Å². The Morgan fingerprint density at radius 1 is 1.35 bits per heavy atom. The highest BCUT2D eigenvalue weighted by molar-refractivity contribution is 5.94. The highest BCUT2D eigenvalue weighted by atomic mass is 16.2. The second-order valence-electron chi connectivity index (χ2n) is 7.57. The van der Waals surface area contributed by atoms with Crippen molar-refractivity contribution in [2.45, 2.75) is 32.7 Å². The van der Waals surface area contributed by atoms with Crippen molar-refractivity contribution in [3.8, 4) is 6.07 Å². The van der Waals surface area contributed by atoms with Gasteiger partial charge in [-0.3, -0.25) is 9.78 Å². The lowest BCUT2D eigenvalue weighted by atomic mass is 9.92. The van der Waals surface area contributed by atoms with Crippen molar-refractivity contribution in [1.82, 2.24) is 14.9 Å². The Morgan fingerprint density at radius 2 is 2.15 bits per heavy atom. The highest BCUT2D eigenvalue weighted by Gasteiger charge is 2.36. The van der Waals surface area contributed by atoms with Gasteiger partial charge in [-0.15, -0.1) is 0 Å². The molecule has 0 spiro atoms. The Bertz CT molecular complexity index is 826. The van der Waals surface area contributed by atoms with Gasteiger partial charge in [-0.25, -0.2) is 4.98 Å². The van der Waals surface area contributed by atoms with E-state index in [4.69, 9.17) is 0 Å². The molecular formula is C20H23N5O. The van der Waals surface area contributed by atoms with Crippen molar-refractivity contribution in [2.24, 2.45) is 5.41 Å². The molecule has 1 atom stereocenters. The van der Waals surface area contributed by atoms with E-state index in [0.29, 0.717) is 30.9 Å². The lowest BCUT2D eigenvalue weighted by Gasteiger charge is -2.27. The van der Waals surface area contributed by atoms with E-state index in [0.717, 1.165) is 5.56 Å². The average Bonchev–Trinajstić information content (AvgIpc) is 3.05. The summed E-state index contributed by atoms with van der Waals surface area (Å²) in [5, 5.41) is 12.6. The minimum Gasteiger partial charge on any atom is -0.361 e. The second kappa shape index (κ2) is 6.75. The minimum absolute atomic E-state index is 0.0745. The largest absolute Gasteiger partial charge is 0.361 e. The molecule has 26 heavy (non-hydrogen) atoms. The molecule has 0 aliphatic carbocycles. The summed E-state index contributed by atoms with van der Waals surface area (Å²) in [5.41, 5.74) is 0.807. The van der Waals surface area contributed by atoms with Crippen LogP contribution in [0.25, 0.3) is 0 Å². The van der Waals surface area contributed by atoms with Crippen LogP contribution in [-0.2, 0) is 5.54 Å². The van der Waals surface area contributed by atoms with Gasteiger partial charge in [-0.1, -0.05) is 6.07 Å². The quantitative estimate of drug-likeness (QED) is 0.916. The van der Waals surface area contributed by atoms with E-state index in [1.807, 2.05) is 31.3 Å². The number of carbonyl (C=O) groups excluding carboxylic acids is 1. The molecule has 3 heterocycles. The zero-order valence-corrected chi connectivity index (χ0v) is 15.4. The number of aromatic nitrogens is 2. The van der Waals surface area contributed by atoms with Crippen LogP contribution in [0.1, 0.15) is 43.1 Å². The summed E-state index contributed by atoms with van der Waals surface area (Å²) in [4.78, 5) is 22.9. The number of hydrogen-bond acceptors (Lipinski definition) is 5. The van der Waals surface area contributed by atoms with Crippen LogP contribution in [0.4, 0.5) is 5.82 Å². The summed E-state index contributed by atoms with van der Waals surface area (Å²) in [6, 6.07) is 9.80. The molecule has 6 nitrogen and oxygen atoms in total. The summed E-state index contributed by atoms with van der Waals surface area (Å²) in [5.74, 6) is 0.619. The van der Waals surface area contributed by atoms with Crippen LogP contribution in [0, 0.1) is 16.7 Å². The van der Waals surface area contributed by atoms with Crippen LogP contribution in [0.15, 0.2) is 42.9 Å². The number of pyridine rings is 2. The Balaban J connectivity index is 1.69. The van der Waals surface area contributed by atoms with Crippen molar-refractivity contribution < 1.29 is 4.79 Å². The zero-order chi connectivity index (χ0) is 18.8. The van der Waals surface area contributed by atoms with E-state index >= 15 is 0 Å². The third-order valence-corrected chi connectivity index (χ3v) is 4.86. The molecule has 0 saturated carbocycles. The number of anilines is 1. The van der Waals surface area contributed by atoms with Gasteiger partial charge < -0.3 is 10.2 Å². The van der Waals surface area contributed by atoms with Gasteiger partial charge in [-0.2, -0.15) is 5.26 Å². The molecular weight excluding hydrogens is 326 g/mol. The van der Waals surface area contributed by atoms with E-state index in [9.17, 15) is 10.1 Å². The van der Waals surface area contributed by atoms with E-state index in [-0.39, 0.29) is 11.4 Å². The lowest BCUT2D eigenvalue weighted by Crippen LogP contribution is -2.31. The van der Waals surface area contributed by atoms with Crippen molar-refractivity contribution in [3.05, 3.63) is 54.0 Å². The topological polar surface area (TPSA) is 81.9 Å². The van der Waals surface area contributed by atoms with Gasteiger partial charge in [0.2, 0.25) is 0 Å². The summed E-state index contributed by atoms with van der Waals surface area (Å²) >= 11 is 0. The van der Waals surface area contributed by atoms with Gasteiger partial charge in [0.05, 0.1) is 22.6 Å². The van der Waals surface area contributed by atoms with Gasteiger partial charge >= 0.3 is 0 Å². The van der Waals surface area contributed by atoms with Gasteiger partial charge in [0.15, 0.2) is 0 Å². The van der Waals surface area contributed by atoms with E-state index in [1.165, 1.54) is 0 Å². The first-order valence-corrected chi connectivity index (χ1v) is 8.68. The first-order valence-electron chi connectivity index (χ1n) is 8.68. The molecule has 0 bridgehead atoms. The Hall–Kier alpha value is -2.94. The summed E-state index contributed by atoms with van der Waals surface area (Å²) in [6.45, 7) is 7.08. The van der Waals surface area contributed by atoms with Crippen LogP contribution >= 0.6 is 0 Å². The fourth-order valence-corrected chi connectivity index (χ4v) is 3.13. The third-order valence-electron chi connectivity index (χ3n) is 4.86. The van der Waals surface area contributed by atoms with Crippen molar-refractivity contribution in [2.75, 3.05) is 18.4 Å². The molecule has 1 unspecified atom stereocenters. The Morgan fingerprint density at radius 3 is 2.73 bits per heavy atom. The predicted octanol–water partition coefficient (Wildman–Crippen LogP) is 3.20. The normalized spacial score (nSPS) is 19.8. The predicted molar refractivity (Wildman–Crippen MR) is 99.4 cm³/mol. The van der Waals surface area contributed by atoms with Crippen molar-refractivity contribution in [1.29, 1.82) is 5.26 Å². The molecule has 2 aromatic rings. The van der Waals surface area contributed by atoms with Gasteiger partial charge in [-0.05, 0) is 51.0 Å². The number of nitrogens with one attached hydrogen (secondary N) is 1. The van der Waals surface area contributed by atoms with Gasteiger partial charge in [0.1, 0.15) is 5.82 Å². The highest BCUT2D eigenvalue weighted by Crippen LogP contribution is 2.30. The number of carbonyl (C=O) groups is 1. The smallest absolute Gasteiger partial charge is 0.255 e.